The fourth-order valence-corrected chi connectivity index (χ4v) is 4.32. The second-order valence-corrected chi connectivity index (χ2v) is 8.33. The molecule has 1 saturated carbocycles. The molecule has 0 atom stereocenters. The van der Waals surface area contributed by atoms with Crippen LogP contribution in [0.3, 0.4) is 0 Å². The number of aromatic nitrogens is 1. The topological polar surface area (TPSA) is 50.9 Å². The van der Waals surface area contributed by atoms with Gasteiger partial charge in [0.05, 0.1) is 5.52 Å². The van der Waals surface area contributed by atoms with E-state index in [2.05, 4.69) is 28.5 Å². The third-order valence-electron chi connectivity index (χ3n) is 5.63. The Kier molecular flexibility index (Phi) is 5.38. The first-order valence-corrected chi connectivity index (χ1v) is 10.1. The van der Waals surface area contributed by atoms with E-state index in [1.165, 1.54) is 11.1 Å². The zero-order chi connectivity index (χ0) is 18.9. The summed E-state index contributed by atoms with van der Waals surface area (Å²) in [4.78, 5) is 4.45. The molecule has 1 aliphatic rings. The minimum atomic E-state index is -0.312. The number of hydrogen-bond acceptors (Lipinski definition) is 3. The lowest BCUT2D eigenvalue weighted by molar-refractivity contribution is 0.252. The molecule has 0 bridgehead atoms. The fraction of sp³-hybridized carbons (Fsp3) is 0.318. The second-order valence-electron chi connectivity index (χ2n) is 7.46. The van der Waals surface area contributed by atoms with Gasteiger partial charge in [-0.05, 0) is 67.1 Å². The molecule has 0 spiro atoms. The van der Waals surface area contributed by atoms with E-state index < -0.39 is 0 Å². The third kappa shape index (κ3) is 4.12. The molecule has 5 heteroatoms. The van der Waals surface area contributed by atoms with Gasteiger partial charge in [0.15, 0.2) is 0 Å². The Morgan fingerprint density at radius 3 is 2.44 bits per heavy atom. The molecule has 3 aromatic rings. The smallest absolute Gasteiger partial charge is 0.0720 e. The Morgan fingerprint density at radius 1 is 1.00 bits per heavy atom. The van der Waals surface area contributed by atoms with Crippen molar-refractivity contribution in [2.45, 2.75) is 43.8 Å². The normalized spacial score (nSPS) is 22.9. The van der Waals surface area contributed by atoms with Crippen molar-refractivity contribution >= 4 is 34.1 Å². The molecule has 4 rings (SSSR count). The summed E-state index contributed by atoms with van der Waals surface area (Å²) in [6, 6.07) is 16.4. The first-order valence-electron chi connectivity index (χ1n) is 9.35. The summed E-state index contributed by atoms with van der Waals surface area (Å²) in [7, 11) is 0. The molecular formula is C22H23Cl2N3. The Hall–Kier alpha value is -1.65. The molecule has 3 nitrogen and oxygen atoms in total. The predicted molar refractivity (Wildman–Crippen MR) is 113 cm³/mol. The van der Waals surface area contributed by atoms with Crippen LogP contribution in [0.1, 0.15) is 36.8 Å². The number of rotatable bonds is 4. The van der Waals surface area contributed by atoms with Crippen LogP contribution in [-0.4, -0.2) is 11.0 Å². The van der Waals surface area contributed by atoms with E-state index in [1.54, 1.807) is 0 Å². The van der Waals surface area contributed by atoms with E-state index in [-0.39, 0.29) is 5.54 Å². The van der Waals surface area contributed by atoms with Crippen LogP contribution in [0, 0.1) is 0 Å². The zero-order valence-electron chi connectivity index (χ0n) is 15.1. The highest BCUT2D eigenvalue weighted by Crippen LogP contribution is 2.38. The minimum Gasteiger partial charge on any atom is -0.321 e. The molecule has 1 heterocycles. The molecule has 140 valence electrons. The zero-order valence-corrected chi connectivity index (χ0v) is 16.6. The van der Waals surface area contributed by atoms with Gasteiger partial charge in [0.1, 0.15) is 0 Å². The van der Waals surface area contributed by atoms with Gasteiger partial charge >= 0.3 is 0 Å². The van der Waals surface area contributed by atoms with Crippen molar-refractivity contribution in [3.63, 3.8) is 0 Å². The largest absolute Gasteiger partial charge is 0.321 e. The number of nitrogens with two attached hydrogens (primary N) is 1. The van der Waals surface area contributed by atoms with Crippen molar-refractivity contribution < 1.29 is 0 Å². The van der Waals surface area contributed by atoms with E-state index in [0.29, 0.717) is 11.1 Å². The highest BCUT2D eigenvalue weighted by atomic mass is 35.5. The van der Waals surface area contributed by atoms with Crippen molar-refractivity contribution in [2.24, 2.45) is 5.73 Å². The number of halogens is 2. The molecule has 0 radical (unpaired) electrons. The van der Waals surface area contributed by atoms with E-state index >= 15 is 0 Å². The maximum Gasteiger partial charge on any atom is 0.0720 e. The van der Waals surface area contributed by atoms with Crippen LogP contribution in [0.4, 0.5) is 0 Å². The van der Waals surface area contributed by atoms with Crippen molar-refractivity contribution in [1.82, 2.24) is 10.3 Å². The molecule has 1 fully saturated rings. The van der Waals surface area contributed by atoms with Gasteiger partial charge in [-0.2, -0.15) is 0 Å². The van der Waals surface area contributed by atoms with Gasteiger partial charge in [0.2, 0.25) is 0 Å². The lowest BCUT2D eigenvalue weighted by atomic mass is 9.74. The van der Waals surface area contributed by atoms with Crippen LogP contribution in [0.25, 0.3) is 10.9 Å². The quantitative estimate of drug-likeness (QED) is 0.614. The Balaban J connectivity index is 1.44. The summed E-state index contributed by atoms with van der Waals surface area (Å²) in [6.07, 6.45) is 5.86. The van der Waals surface area contributed by atoms with Crippen molar-refractivity contribution in [3.05, 3.63) is 75.9 Å². The number of pyridine rings is 1. The summed E-state index contributed by atoms with van der Waals surface area (Å²) in [5, 5.41) is 6.25. The predicted octanol–water partition coefficient (Wildman–Crippen LogP) is 5.43. The number of nitrogens with one attached hydrogen (secondary N) is 1. The Bertz CT molecular complexity index is 932. The van der Waals surface area contributed by atoms with Crippen LogP contribution >= 0.6 is 23.2 Å². The average molecular weight is 400 g/mol. The van der Waals surface area contributed by atoms with Crippen molar-refractivity contribution in [1.29, 1.82) is 0 Å². The van der Waals surface area contributed by atoms with Crippen LogP contribution < -0.4 is 11.1 Å². The molecule has 0 amide bonds. The summed E-state index contributed by atoms with van der Waals surface area (Å²) < 4.78 is 0. The van der Waals surface area contributed by atoms with Gasteiger partial charge < -0.3 is 11.1 Å². The van der Waals surface area contributed by atoms with Crippen LogP contribution in [-0.2, 0) is 12.1 Å². The van der Waals surface area contributed by atoms with E-state index in [1.807, 2.05) is 36.5 Å². The SMILES string of the molecule is NC1(c2ccnc3cc(Cl)ccc23)CCC(NCc2ccc(Cl)cc2)CC1. The summed E-state index contributed by atoms with van der Waals surface area (Å²) in [6.45, 7) is 0.857. The lowest BCUT2D eigenvalue weighted by Crippen LogP contribution is -2.45. The van der Waals surface area contributed by atoms with E-state index in [0.717, 1.165) is 48.2 Å². The number of benzene rings is 2. The summed E-state index contributed by atoms with van der Waals surface area (Å²) >= 11 is 12.1. The molecule has 3 N–H and O–H groups in total. The highest BCUT2D eigenvalue weighted by molar-refractivity contribution is 6.31. The van der Waals surface area contributed by atoms with Crippen molar-refractivity contribution in [3.8, 4) is 0 Å². The first-order chi connectivity index (χ1) is 13.0. The lowest BCUT2D eigenvalue weighted by Gasteiger charge is -2.38. The molecule has 0 saturated heterocycles. The number of hydrogen-bond donors (Lipinski definition) is 2. The molecule has 0 aliphatic heterocycles. The maximum atomic E-state index is 6.87. The molecule has 1 aromatic heterocycles. The summed E-state index contributed by atoms with van der Waals surface area (Å²) in [5.41, 5.74) is 9.90. The molecule has 1 aliphatic carbocycles. The van der Waals surface area contributed by atoms with E-state index in [4.69, 9.17) is 28.9 Å². The van der Waals surface area contributed by atoms with Gasteiger partial charge in [0.25, 0.3) is 0 Å². The Morgan fingerprint density at radius 2 is 1.70 bits per heavy atom. The van der Waals surface area contributed by atoms with Gasteiger partial charge in [-0.15, -0.1) is 0 Å². The fourth-order valence-electron chi connectivity index (χ4n) is 4.03. The first kappa shape index (κ1) is 18.7. The number of fused-ring (bicyclic) bond motifs is 1. The van der Waals surface area contributed by atoms with Gasteiger partial charge in [-0.25, -0.2) is 0 Å². The van der Waals surface area contributed by atoms with Crippen LogP contribution in [0.2, 0.25) is 10.0 Å². The highest BCUT2D eigenvalue weighted by Gasteiger charge is 2.34. The van der Waals surface area contributed by atoms with Crippen LogP contribution in [0.5, 0.6) is 0 Å². The summed E-state index contributed by atoms with van der Waals surface area (Å²) in [5.74, 6) is 0. The third-order valence-corrected chi connectivity index (χ3v) is 6.11. The second kappa shape index (κ2) is 7.76. The molecule has 2 aromatic carbocycles. The monoisotopic (exact) mass is 399 g/mol. The van der Waals surface area contributed by atoms with Crippen LogP contribution in [0.15, 0.2) is 54.7 Å². The van der Waals surface area contributed by atoms with Crippen molar-refractivity contribution in [2.75, 3.05) is 0 Å². The standard InChI is InChI=1S/C22H23Cl2N3/c23-16-3-1-15(2-4-16)14-27-18-7-10-22(25,11-8-18)20-9-12-26-21-13-17(24)5-6-19(20)21/h1-6,9,12-13,18,27H,7-8,10-11,14,25H2. The van der Waals surface area contributed by atoms with Gasteiger partial charge in [-0.1, -0.05) is 41.4 Å². The van der Waals surface area contributed by atoms with E-state index in [9.17, 15) is 0 Å². The molecular weight excluding hydrogens is 377 g/mol. The minimum absolute atomic E-state index is 0.312. The maximum absolute atomic E-state index is 6.87. The average Bonchev–Trinajstić information content (AvgIpc) is 2.68. The van der Waals surface area contributed by atoms with Gasteiger partial charge in [-0.3, -0.25) is 4.98 Å². The Labute approximate surface area is 169 Å². The molecule has 27 heavy (non-hydrogen) atoms. The van der Waals surface area contributed by atoms with Gasteiger partial charge in [0, 0.05) is 39.8 Å². The molecule has 0 unspecified atom stereocenters. The number of nitrogens with zero attached hydrogens (tertiary/aromatic N) is 1.